The maximum absolute atomic E-state index is 8.95. The Morgan fingerprint density at radius 3 is 2.44 bits per heavy atom. The van der Waals surface area contributed by atoms with Crippen molar-refractivity contribution in [2.45, 2.75) is 42.2 Å². The molecule has 1 aromatic rings. The van der Waals surface area contributed by atoms with Gasteiger partial charge >= 0.3 is 0 Å². The van der Waals surface area contributed by atoms with E-state index in [1.54, 1.807) is 23.5 Å². The van der Waals surface area contributed by atoms with Crippen molar-refractivity contribution < 1.29 is 5.21 Å². The van der Waals surface area contributed by atoms with Crippen molar-refractivity contribution in [3.05, 3.63) is 23.8 Å². The molecule has 0 spiro atoms. The van der Waals surface area contributed by atoms with Crippen LogP contribution in [0.4, 0.5) is 0 Å². The van der Waals surface area contributed by atoms with E-state index in [4.69, 9.17) is 10.9 Å². The van der Waals surface area contributed by atoms with Gasteiger partial charge in [0.25, 0.3) is 0 Å². The van der Waals surface area contributed by atoms with E-state index in [-0.39, 0.29) is 10.6 Å². The van der Waals surface area contributed by atoms with Crippen LogP contribution in [0.5, 0.6) is 0 Å². The summed E-state index contributed by atoms with van der Waals surface area (Å²) in [6, 6.07) is 6.04. The van der Waals surface area contributed by atoms with Gasteiger partial charge < -0.3 is 10.9 Å². The molecule has 0 saturated heterocycles. The summed E-state index contributed by atoms with van der Waals surface area (Å²) in [5, 5.41) is 12.1. The molecular weight excluding hydrogens is 264 g/mol. The number of nitrogens with two attached hydrogens (primary N) is 1. The van der Waals surface area contributed by atoms with Gasteiger partial charge in [-0.15, -0.1) is 23.5 Å². The number of hydrogen-bond acceptors (Lipinski definition) is 4. The lowest BCUT2D eigenvalue weighted by Crippen LogP contribution is -2.17. The van der Waals surface area contributed by atoms with Gasteiger partial charge in [-0.1, -0.05) is 38.9 Å². The number of nitrogens with zero attached hydrogens (tertiary/aromatic N) is 1. The van der Waals surface area contributed by atoms with Gasteiger partial charge in [-0.05, 0) is 17.9 Å². The summed E-state index contributed by atoms with van der Waals surface area (Å²) in [4.78, 5) is 2.11. The number of amidine groups is 1. The number of oxime groups is 1. The zero-order valence-electron chi connectivity index (χ0n) is 11.2. The van der Waals surface area contributed by atoms with Crippen molar-refractivity contribution in [1.82, 2.24) is 0 Å². The highest BCUT2D eigenvalue weighted by molar-refractivity contribution is 8.01. The molecule has 0 fully saturated rings. The summed E-state index contributed by atoms with van der Waals surface area (Å²) in [7, 11) is 0. The molecule has 0 aromatic heterocycles. The number of benzene rings is 1. The third kappa shape index (κ3) is 4.14. The highest BCUT2D eigenvalue weighted by Crippen LogP contribution is 2.37. The molecule has 0 amide bonds. The van der Waals surface area contributed by atoms with Crippen molar-refractivity contribution in [3.8, 4) is 0 Å². The van der Waals surface area contributed by atoms with E-state index in [0.717, 1.165) is 21.1 Å². The summed E-state index contributed by atoms with van der Waals surface area (Å²) in [5.74, 6) is 1.13. The fourth-order valence-electron chi connectivity index (χ4n) is 1.50. The molecule has 0 aliphatic heterocycles. The molecule has 1 aromatic carbocycles. The Bertz CT molecular complexity index is 439. The van der Waals surface area contributed by atoms with E-state index < -0.39 is 0 Å². The van der Waals surface area contributed by atoms with E-state index in [0.29, 0.717) is 0 Å². The fourth-order valence-corrected chi connectivity index (χ4v) is 3.54. The molecule has 0 heterocycles. The molecule has 0 atom stereocenters. The zero-order valence-corrected chi connectivity index (χ0v) is 12.9. The molecule has 1 rings (SSSR count). The first kappa shape index (κ1) is 15.2. The van der Waals surface area contributed by atoms with Gasteiger partial charge in [0.1, 0.15) is 0 Å². The van der Waals surface area contributed by atoms with Crippen LogP contribution >= 0.6 is 23.5 Å². The number of thioether (sulfide) groups is 2. The lowest BCUT2D eigenvalue weighted by molar-refractivity contribution is 0.318. The molecule has 0 aliphatic carbocycles. The van der Waals surface area contributed by atoms with E-state index in [2.05, 4.69) is 32.9 Å². The van der Waals surface area contributed by atoms with E-state index in [1.807, 2.05) is 18.2 Å². The summed E-state index contributed by atoms with van der Waals surface area (Å²) in [6.45, 7) is 8.53. The van der Waals surface area contributed by atoms with Gasteiger partial charge in [0.2, 0.25) is 0 Å². The minimum absolute atomic E-state index is 0.0833. The Balaban J connectivity index is 3.28. The smallest absolute Gasteiger partial charge is 0.172 e. The first-order valence-corrected chi connectivity index (χ1v) is 7.62. The van der Waals surface area contributed by atoms with E-state index >= 15 is 0 Å². The molecule has 0 radical (unpaired) electrons. The largest absolute Gasteiger partial charge is 0.409 e. The molecule has 0 unspecified atom stereocenters. The van der Waals surface area contributed by atoms with Crippen LogP contribution in [0, 0.1) is 0 Å². The van der Waals surface area contributed by atoms with Crippen LogP contribution in [0.2, 0.25) is 0 Å². The Kier molecular flexibility index (Phi) is 5.41. The molecule has 0 aliphatic rings. The second-order valence-corrected chi connectivity index (χ2v) is 7.94. The Morgan fingerprint density at radius 1 is 1.33 bits per heavy atom. The summed E-state index contributed by atoms with van der Waals surface area (Å²) < 4.78 is 0.0833. The standard InChI is InChI=1S/C13H20N2OS2/c1-5-17-9-7-6-8-10(18-13(2,3)4)11(9)12(14)15-16/h6-8,16H,5H2,1-4H3,(H2,14,15). The van der Waals surface area contributed by atoms with Crippen molar-refractivity contribution in [1.29, 1.82) is 0 Å². The quantitative estimate of drug-likeness (QED) is 0.290. The summed E-state index contributed by atoms with van der Waals surface area (Å²) in [6.07, 6.45) is 0. The van der Waals surface area contributed by atoms with Gasteiger partial charge in [-0.3, -0.25) is 0 Å². The van der Waals surface area contributed by atoms with E-state index in [9.17, 15) is 0 Å². The second-order valence-electron chi connectivity index (χ2n) is 4.76. The van der Waals surface area contributed by atoms with Crippen LogP contribution < -0.4 is 5.73 Å². The van der Waals surface area contributed by atoms with Gasteiger partial charge in [-0.2, -0.15) is 0 Å². The normalized spacial score (nSPS) is 12.8. The van der Waals surface area contributed by atoms with Gasteiger partial charge in [0.05, 0.1) is 0 Å². The summed E-state index contributed by atoms with van der Waals surface area (Å²) in [5.41, 5.74) is 6.66. The minimum Gasteiger partial charge on any atom is -0.409 e. The van der Waals surface area contributed by atoms with Crippen molar-refractivity contribution >= 4 is 29.4 Å². The average Bonchev–Trinajstić information content (AvgIpc) is 2.27. The van der Waals surface area contributed by atoms with E-state index in [1.165, 1.54) is 0 Å². The van der Waals surface area contributed by atoms with Crippen LogP contribution in [0.25, 0.3) is 0 Å². The highest BCUT2D eigenvalue weighted by Gasteiger charge is 2.19. The number of hydrogen-bond donors (Lipinski definition) is 2. The molecule has 100 valence electrons. The molecule has 0 bridgehead atoms. The number of rotatable bonds is 4. The van der Waals surface area contributed by atoms with Crippen LogP contribution in [-0.4, -0.2) is 21.5 Å². The molecule has 3 nitrogen and oxygen atoms in total. The zero-order chi connectivity index (χ0) is 13.8. The third-order valence-corrected chi connectivity index (χ3v) is 4.18. The molecule has 18 heavy (non-hydrogen) atoms. The summed E-state index contributed by atoms with van der Waals surface area (Å²) >= 11 is 3.43. The molecular formula is C13H20N2OS2. The minimum atomic E-state index is 0.0833. The van der Waals surface area contributed by atoms with Crippen molar-refractivity contribution in [2.75, 3.05) is 5.75 Å². The first-order valence-electron chi connectivity index (χ1n) is 5.81. The van der Waals surface area contributed by atoms with Crippen LogP contribution in [0.15, 0.2) is 33.1 Å². The Hall–Kier alpha value is -0.810. The molecule has 0 saturated carbocycles. The van der Waals surface area contributed by atoms with Crippen LogP contribution in [0.3, 0.4) is 0 Å². The second kappa shape index (κ2) is 6.38. The predicted molar refractivity (Wildman–Crippen MR) is 81.0 cm³/mol. The van der Waals surface area contributed by atoms with Gasteiger partial charge in [-0.25, -0.2) is 0 Å². The maximum atomic E-state index is 8.95. The molecule has 5 heteroatoms. The Morgan fingerprint density at radius 2 is 1.94 bits per heavy atom. The van der Waals surface area contributed by atoms with Crippen LogP contribution in [-0.2, 0) is 0 Å². The highest BCUT2D eigenvalue weighted by atomic mass is 32.2. The topological polar surface area (TPSA) is 58.6 Å². The lowest BCUT2D eigenvalue weighted by Gasteiger charge is -2.21. The average molecular weight is 284 g/mol. The third-order valence-electron chi connectivity index (χ3n) is 2.07. The van der Waals surface area contributed by atoms with Crippen molar-refractivity contribution in [3.63, 3.8) is 0 Å². The van der Waals surface area contributed by atoms with Crippen LogP contribution in [0.1, 0.15) is 33.3 Å². The monoisotopic (exact) mass is 284 g/mol. The first-order chi connectivity index (χ1) is 8.39. The van der Waals surface area contributed by atoms with Crippen molar-refractivity contribution in [2.24, 2.45) is 10.9 Å². The predicted octanol–water partition coefficient (Wildman–Crippen LogP) is 3.78. The SMILES string of the molecule is CCSc1cccc(SC(C)(C)C)c1/C(N)=N/O. The maximum Gasteiger partial charge on any atom is 0.172 e. The van der Waals surface area contributed by atoms with Gasteiger partial charge in [0.15, 0.2) is 5.84 Å². The fraction of sp³-hybridized carbons (Fsp3) is 0.462. The van der Waals surface area contributed by atoms with Gasteiger partial charge in [0, 0.05) is 20.1 Å². The lowest BCUT2D eigenvalue weighted by atomic mass is 10.2. The Labute approximate surface area is 117 Å². The molecule has 3 N–H and O–H groups in total.